The summed E-state index contributed by atoms with van der Waals surface area (Å²) in [5.41, 5.74) is 5.49. The number of nitrogens with two attached hydrogens (primary N) is 1. The zero-order valence-corrected chi connectivity index (χ0v) is 13.4. The summed E-state index contributed by atoms with van der Waals surface area (Å²) in [5, 5.41) is 0.753. The maximum absolute atomic E-state index is 12.4. The molecule has 0 amide bonds. The molecule has 0 unspecified atom stereocenters. The summed E-state index contributed by atoms with van der Waals surface area (Å²) in [7, 11) is -3.41. The van der Waals surface area contributed by atoms with E-state index in [4.69, 9.17) is 18.0 Å². The molecule has 1 aliphatic rings. The minimum absolute atomic E-state index is 0.231. The van der Waals surface area contributed by atoms with Crippen LogP contribution in [0.4, 0.5) is 0 Å². The van der Waals surface area contributed by atoms with Crippen molar-refractivity contribution in [1.29, 1.82) is 0 Å². The molecule has 1 aliphatic heterocycles. The third kappa shape index (κ3) is 2.81. The van der Waals surface area contributed by atoms with Crippen LogP contribution in [0.2, 0.25) is 0 Å². The van der Waals surface area contributed by atoms with Gasteiger partial charge in [-0.05, 0) is 19.8 Å². The van der Waals surface area contributed by atoms with Crippen LogP contribution < -0.4 is 5.73 Å². The number of aromatic nitrogens is 1. The molecule has 1 aromatic rings. The number of thiocarbonyl (C=S) groups is 1. The molecular weight excluding hydrogens is 302 g/mol. The molecule has 19 heavy (non-hydrogen) atoms. The lowest BCUT2D eigenvalue weighted by Crippen LogP contribution is -2.46. The van der Waals surface area contributed by atoms with Gasteiger partial charge in [0.1, 0.15) is 0 Å². The summed E-state index contributed by atoms with van der Waals surface area (Å²) in [5.74, 6) is 0. The summed E-state index contributed by atoms with van der Waals surface area (Å²) < 4.78 is 26.6. The van der Waals surface area contributed by atoms with Crippen LogP contribution in [0.15, 0.2) is 10.4 Å². The SMILES string of the molecule is Cc1ncc(S(=O)(=O)N2CCC(C)(C(N)=S)CC2)s1. The predicted molar refractivity (Wildman–Crippen MR) is 79.7 cm³/mol. The van der Waals surface area contributed by atoms with Gasteiger partial charge in [0, 0.05) is 18.5 Å². The quantitative estimate of drug-likeness (QED) is 0.855. The first kappa shape index (κ1) is 14.8. The molecule has 2 rings (SSSR count). The van der Waals surface area contributed by atoms with Crippen LogP contribution >= 0.6 is 23.6 Å². The molecule has 2 N–H and O–H groups in total. The Morgan fingerprint density at radius 2 is 2.11 bits per heavy atom. The molecule has 5 nitrogen and oxygen atoms in total. The Morgan fingerprint density at radius 3 is 2.53 bits per heavy atom. The van der Waals surface area contributed by atoms with Crippen molar-refractivity contribution in [3.8, 4) is 0 Å². The molecule has 0 saturated carbocycles. The second-order valence-electron chi connectivity index (χ2n) is 5.03. The molecule has 1 aromatic heterocycles. The molecule has 106 valence electrons. The highest BCUT2D eigenvalue weighted by molar-refractivity contribution is 7.91. The second kappa shape index (κ2) is 5.08. The van der Waals surface area contributed by atoms with Crippen molar-refractivity contribution >= 4 is 38.6 Å². The zero-order valence-electron chi connectivity index (χ0n) is 10.9. The van der Waals surface area contributed by atoms with E-state index in [1.807, 2.05) is 6.92 Å². The fraction of sp³-hybridized carbons (Fsp3) is 0.636. The zero-order chi connectivity index (χ0) is 14.3. The fourth-order valence-electron chi connectivity index (χ4n) is 2.05. The first-order valence-electron chi connectivity index (χ1n) is 5.98. The molecule has 0 aromatic carbocycles. The van der Waals surface area contributed by atoms with E-state index in [2.05, 4.69) is 4.98 Å². The van der Waals surface area contributed by atoms with Gasteiger partial charge >= 0.3 is 0 Å². The van der Waals surface area contributed by atoms with Crippen molar-refractivity contribution in [2.75, 3.05) is 13.1 Å². The molecule has 2 heterocycles. The van der Waals surface area contributed by atoms with Gasteiger partial charge in [0.25, 0.3) is 10.0 Å². The molecule has 0 atom stereocenters. The minimum atomic E-state index is -3.41. The van der Waals surface area contributed by atoms with Gasteiger partial charge in [-0.2, -0.15) is 4.31 Å². The average molecular weight is 319 g/mol. The first-order chi connectivity index (χ1) is 8.75. The van der Waals surface area contributed by atoms with Gasteiger partial charge in [-0.1, -0.05) is 19.1 Å². The smallest absolute Gasteiger partial charge is 0.254 e. The number of piperidine rings is 1. The number of nitrogens with zero attached hydrogens (tertiary/aromatic N) is 2. The number of hydrogen-bond donors (Lipinski definition) is 1. The Balaban J connectivity index is 2.16. The Kier molecular flexibility index (Phi) is 3.97. The second-order valence-corrected chi connectivity index (χ2v) is 8.87. The van der Waals surface area contributed by atoms with Crippen molar-refractivity contribution in [2.24, 2.45) is 11.1 Å². The van der Waals surface area contributed by atoms with E-state index < -0.39 is 10.0 Å². The van der Waals surface area contributed by atoms with E-state index in [-0.39, 0.29) is 5.41 Å². The van der Waals surface area contributed by atoms with Gasteiger partial charge < -0.3 is 5.73 Å². The Morgan fingerprint density at radius 1 is 1.53 bits per heavy atom. The first-order valence-corrected chi connectivity index (χ1v) is 8.65. The van der Waals surface area contributed by atoms with Crippen LogP contribution in [0.5, 0.6) is 0 Å². The van der Waals surface area contributed by atoms with Crippen molar-refractivity contribution in [2.45, 2.75) is 30.9 Å². The van der Waals surface area contributed by atoms with Crippen LogP contribution in [-0.4, -0.2) is 35.8 Å². The van der Waals surface area contributed by atoms with Gasteiger partial charge in [-0.25, -0.2) is 13.4 Å². The summed E-state index contributed by atoms with van der Waals surface area (Å²) >= 11 is 6.26. The highest BCUT2D eigenvalue weighted by Crippen LogP contribution is 2.34. The fourth-order valence-corrected chi connectivity index (χ4v) is 4.96. The van der Waals surface area contributed by atoms with Gasteiger partial charge in [0.2, 0.25) is 0 Å². The van der Waals surface area contributed by atoms with Gasteiger partial charge in [-0.3, -0.25) is 0 Å². The molecule has 1 fully saturated rings. The summed E-state index contributed by atoms with van der Waals surface area (Å²) in [6.45, 7) is 4.69. The standard InChI is InChI=1S/C11H17N3O2S3/c1-8-13-7-9(18-8)19(15,16)14-5-3-11(2,4-6-14)10(12)17/h7H,3-6H2,1-2H3,(H2,12,17). The van der Waals surface area contributed by atoms with Crippen molar-refractivity contribution < 1.29 is 8.42 Å². The third-order valence-corrected chi connectivity index (χ3v) is 7.36. The minimum Gasteiger partial charge on any atom is -0.393 e. The molecule has 0 bridgehead atoms. The molecule has 1 saturated heterocycles. The number of sulfonamides is 1. The Bertz CT molecular complexity index is 586. The van der Waals surface area contributed by atoms with Crippen molar-refractivity contribution in [3.05, 3.63) is 11.2 Å². The number of hydrogen-bond acceptors (Lipinski definition) is 5. The van der Waals surface area contributed by atoms with E-state index in [0.717, 1.165) is 5.01 Å². The predicted octanol–water partition coefficient (Wildman–Crippen LogP) is 1.53. The highest BCUT2D eigenvalue weighted by Gasteiger charge is 2.37. The van der Waals surface area contributed by atoms with Gasteiger partial charge in [-0.15, -0.1) is 11.3 Å². The normalized spacial score (nSPS) is 20.3. The Labute approximate surface area is 122 Å². The summed E-state index contributed by atoms with van der Waals surface area (Å²) in [4.78, 5) is 4.48. The number of rotatable bonds is 3. The summed E-state index contributed by atoms with van der Waals surface area (Å²) in [6, 6.07) is 0. The summed E-state index contributed by atoms with van der Waals surface area (Å²) in [6.07, 6.45) is 2.76. The number of thiazole rings is 1. The van der Waals surface area contributed by atoms with Crippen LogP contribution in [0.25, 0.3) is 0 Å². The lowest BCUT2D eigenvalue weighted by atomic mass is 9.81. The van der Waals surface area contributed by atoms with Crippen LogP contribution in [-0.2, 0) is 10.0 Å². The molecule has 0 aliphatic carbocycles. The van der Waals surface area contributed by atoms with Crippen molar-refractivity contribution in [3.63, 3.8) is 0 Å². The average Bonchev–Trinajstić information content (AvgIpc) is 2.77. The Hall–Kier alpha value is -0.570. The van der Waals surface area contributed by atoms with Crippen LogP contribution in [0.3, 0.4) is 0 Å². The van der Waals surface area contributed by atoms with E-state index in [1.54, 1.807) is 6.92 Å². The lowest BCUT2D eigenvalue weighted by Gasteiger charge is -2.37. The molecular formula is C11H17N3O2S3. The third-order valence-electron chi connectivity index (χ3n) is 3.62. The van der Waals surface area contributed by atoms with E-state index in [1.165, 1.54) is 21.8 Å². The molecule has 0 spiro atoms. The van der Waals surface area contributed by atoms with Gasteiger partial charge in [0.15, 0.2) is 4.21 Å². The maximum Gasteiger partial charge on any atom is 0.254 e. The molecule has 0 radical (unpaired) electrons. The monoisotopic (exact) mass is 319 g/mol. The highest BCUT2D eigenvalue weighted by atomic mass is 32.2. The van der Waals surface area contributed by atoms with Gasteiger partial charge in [0.05, 0.1) is 16.2 Å². The van der Waals surface area contributed by atoms with Crippen molar-refractivity contribution in [1.82, 2.24) is 9.29 Å². The van der Waals surface area contributed by atoms with E-state index >= 15 is 0 Å². The number of aryl methyl sites for hydroxylation is 1. The largest absolute Gasteiger partial charge is 0.393 e. The maximum atomic E-state index is 12.4. The van der Waals surface area contributed by atoms with Crippen LogP contribution in [0.1, 0.15) is 24.8 Å². The van der Waals surface area contributed by atoms with Crippen LogP contribution in [0, 0.1) is 12.3 Å². The topological polar surface area (TPSA) is 76.3 Å². The van der Waals surface area contributed by atoms with E-state index in [0.29, 0.717) is 35.1 Å². The molecule has 8 heteroatoms. The lowest BCUT2D eigenvalue weighted by molar-refractivity contribution is 0.244. The van der Waals surface area contributed by atoms with E-state index in [9.17, 15) is 8.42 Å².